The van der Waals surface area contributed by atoms with E-state index in [9.17, 15) is 18.8 Å². The Morgan fingerprint density at radius 2 is 2.07 bits per heavy atom. The lowest BCUT2D eigenvalue weighted by molar-refractivity contribution is -0.0367. The van der Waals surface area contributed by atoms with Gasteiger partial charge < -0.3 is 14.8 Å². The first-order chi connectivity index (χ1) is 13.5. The largest absolute Gasteiger partial charge is 0.452 e. The predicted molar refractivity (Wildman–Crippen MR) is 99.6 cm³/mol. The lowest BCUT2D eigenvalue weighted by atomic mass is 9.74. The Labute approximate surface area is 160 Å². The molecule has 2 N–H and O–H groups in total. The normalized spacial score (nSPS) is 18.4. The highest BCUT2D eigenvalue weighted by Crippen LogP contribution is 2.33. The average molecular weight is 387 g/mol. The molecule has 0 aliphatic carbocycles. The van der Waals surface area contributed by atoms with Crippen LogP contribution in [0.25, 0.3) is 10.9 Å². The van der Waals surface area contributed by atoms with Crippen LogP contribution in [0.5, 0.6) is 0 Å². The predicted octanol–water partition coefficient (Wildman–Crippen LogP) is 3.01. The zero-order chi connectivity index (χ0) is 19.7. The van der Waals surface area contributed by atoms with E-state index in [1.807, 2.05) is 0 Å². The van der Waals surface area contributed by atoms with Crippen LogP contribution in [-0.2, 0) is 4.74 Å². The molecular weight excluding hydrogens is 367 g/mol. The van der Waals surface area contributed by atoms with Crippen molar-refractivity contribution in [3.8, 4) is 0 Å². The molecule has 9 heteroatoms. The van der Waals surface area contributed by atoms with Crippen LogP contribution in [0.3, 0.4) is 0 Å². The van der Waals surface area contributed by atoms with Crippen molar-refractivity contribution >= 4 is 18.0 Å². The van der Waals surface area contributed by atoms with E-state index < -0.39 is 24.7 Å². The molecular formula is C19H20BF2N3O3. The summed E-state index contributed by atoms with van der Waals surface area (Å²) >= 11 is 0. The van der Waals surface area contributed by atoms with Crippen molar-refractivity contribution in [2.45, 2.75) is 37.7 Å². The van der Waals surface area contributed by atoms with Crippen molar-refractivity contribution < 1.29 is 23.6 Å². The fourth-order valence-corrected chi connectivity index (χ4v) is 3.70. The fourth-order valence-electron chi connectivity index (χ4n) is 3.70. The van der Waals surface area contributed by atoms with Crippen molar-refractivity contribution in [2.24, 2.45) is 0 Å². The first-order valence-corrected chi connectivity index (χ1v) is 9.29. The second-order valence-corrected chi connectivity index (χ2v) is 7.01. The molecule has 1 saturated heterocycles. The molecule has 1 aromatic carbocycles. The van der Waals surface area contributed by atoms with E-state index in [1.54, 1.807) is 23.1 Å². The van der Waals surface area contributed by atoms with E-state index in [0.717, 1.165) is 48.4 Å². The van der Waals surface area contributed by atoms with Crippen LogP contribution in [0.2, 0.25) is 6.32 Å². The number of nitrogens with zero attached hydrogens (tertiary/aromatic N) is 3. The van der Waals surface area contributed by atoms with Gasteiger partial charge in [0.15, 0.2) is 6.23 Å². The SMILES string of the molecule is OB(O)CC(c1cc2cnn(C3CCCCO3)c2cn1)c1cc(F)ccc1F. The molecule has 146 valence electrons. The quantitative estimate of drug-likeness (QED) is 0.658. The summed E-state index contributed by atoms with van der Waals surface area (Å²) in [6.07, 6.45) is 5.89. The molecule has 1 aliphatic heterocycles. The van der Waals surface area contributed by atoms with Crippen molar-refractivity contribution in [2.75, 3.05) is 6.61 Å². The van der Waals surface area contributed by atoms with Crippen LogP contribution in [0.4, 0.5) is 8.78 Å². The number of halogens is 2. The minimum atomic E-state index is -1.69. The van der Waals surface area contributed by atoms with E-state index in [1.165, 1.54) is 0 Å². The van der Waals surface area contributed by atoms with E-state index in [-0.39, 0.29) is 18.1 Å². The highest BCUT2D eigenvalue weighted by molar-refractivity contribution is 6.41. The van der Waals surface area contributed by atoms with Gasteiger partial charge in [0, 0.05) is 23.6 Å². The second-order valence-electron chi connectivity index (χ2n) is 7.01. The molecule has 1 fully saturated rings. The maximum absolute atomic E-state index is 14.3. The van der Waals surface area contributed by atoms with Gasteiger partial charge in [-0.25, -0.2) is 13.5 Å². The Kier molecular flexibility index (Phi) is 5.39. The maximum atomic E-state index is 14.3. The third-order valence-electron chi connectivity index (χ3n) is 5.07. The van der Waals surface area contributed by atoms with Crippen LogP contribution in [0.1, 0.15) is 42.7 Å². The lowest BCUT2D eigenvalue weighted by Gasteiger charge is -2.23. The topological polar surface area (TPSA) is 80.4 Å². The average Bonchev–Trinajstić information content (AvgIpc) is 3.12. The van der Waals surface area contributed by atoms with Gasteiger partial charge in [0.1, 0.15) is 11.6 Å². The molecule has 6 nitrogen and oxygen atoms in total. The molecule has 2 aromatic heterocycles. The third-order valence-corrected chi connectivity index (χ3v) is 5.07. The fraction of sp³-hybridized carbons (Fsp3) is 0.368. The molecule has 3 heterocycles. The number of pyridine rings is 1. The van der Waals surface area contributed by atoms with Crippen molar-refractivity contribution in [3.05, 3.63) is 59.6 Å². The molecule has 2 unspecified atom stereocenters. The van der Waals surface area contributed by atoms with Gasteiger partial charge in [-0.15, -0.1) is 0 Å². The van der Waals surface area contributed by atoms with Crippen LogP contribution in [0, 0.1) is 11.6 Å². The molecule has 3 aromatic rings. The maximum Gasteiger partial charge on any atom is 0.452 e. The molecule has 0 spiro atoms. The second kappa shape index (κ2) is 7.94. The third kappa shape index (κ3) is 3.78. The number of ether oxygens (including phenoxy) is 1. The van der Waals surface area contributed by atoms with E-state index >= 15 is 0 Å². The highest BCUT2D eigenvalue weighted by Gasteiger charge is 2.26. The Morgan fingerprint density at radius 3 is 2.82 bits per heavy atom. The first kappa shape index (κ1) is 19.0. The summed E-state index contributed by atoms with van der Waals surface area (Å²) in [6, 6.07) is 4.83. The number of fused-ring (bicyclic) bond motifs is 1. The Morgan fingerprint density at radius 1 is 1.21 bits per heavy atom. The van der Waals surface area contributed by atoms with E-state index in [2.05, 4.69) is 10.1 Å². The van der Waals surface area contributed by atoms with Crippen LogP contribution in [-0.4, -0.2) is 38.5 Å². The van der Waals surface area contributed by atoms with Crippen LogP contribution < -0.4 is 0 Å². The summed E-state index contributed by atoms with van der Waals surface area (Å²) < 4.78 is 35.6. The summed E-state index contributed by atoms with van der Waals surface area (Å²) in [6.45, 7) is 0.687. The smallest absolute Gasteiger partial charge is 0.427 e. The van der Waals surface area contributed by atoms with E-state index in [0.29, 0.717) is 12.3 Å². The van der Waals surface area contributed by atoms with E-state index in [4.69, 9.17) is 4.74 Å². The van der Waals surface area contributed by atoms with Crippen molar-refractivity contribution in [1.29, 1.82) is 0 Å². The molecule has 1 aliphatic rings. The molecule has 2 atom stereocenters. The van der Waals surface area contributed by atoms with Gasteiger partial charge in [-0.2, -0.15) is 5.10 Å². The van der Waals surface area contributed by atoms with Gasteiger partial charge in [0.25, 0.3) is 0 Å². The summed E-state index contributed by atoms with van der Waals surface area (Å²) in [5.74, 6) is -2.04. The number of hydrogen-bond donors (Lipinski definition) is 2. The summed E-state index contributed by atoms with van der Waals surface area (Å²) in [4.78, 5) is 4.41. The van der Waals surface area contributed by atoms with Gasteiger partial charge in [0.05, 0.1) is 17.9 Å². The Balaban J connectivity index is 1.73. The van der Waals surface area contributed by atoms with Crippen LogP contribution in [0.15, 0.2) is 36.7 Å². The monoisotopic (exact) mass is 387 g/mol. The zero-order valence-corrected chi connectivity index (χ0v) is 15.1. The Hall–Kier alpha value is -2.36. The van der Waals surface area contributed by atoms with Gasteiger partial charge in [-0.05, 0) is 55.4 Å². The van der Waals surface area contributed by atoms with Crippen molar-refractivity contribution in [3.63, 3.8) is 0 Å². The molecule has 28 heavy (non-hydrogen) atoms. The highest BCUT2D eigenvalue weighted by atomic mass is 19.1. The Bertz CT molecular complexity index is 976. The molecule has 4 rings (SSSR count). The minimum Gasteiger partial charge on any atom is -0.427 e. The standard InChI is InChI=1S/C19H20BF2N3O3/c21-13-4-5-16(22)14(8-13)15(9-20(26)27)17-7-12-10-24-25(18(12)11-23-17)19-3-1-2-6-28-19/h4-5,7-8,10-11,15,19,26-27H,1-3,6,9H2. The van der Waals surface area contributed by atoms with Crippen LogP contribution >= 0.6 is 0 Å². The lowest BCUT2D eigenvalue weighted by Crippen LogP contribution is -2.19. The molecule has 0 radical (unpaired) electrons. The number of aromatic nitrogens is 3. The summed E-state index contributed by atoms with van der Waals surface area (Å²) in [5.41, 5.74) is 1.22. The van der Waals surface area contributed by atoms with Crippen molar-refractivity contribution in [1.82, 2.24) is 14.8 Å². The van der Waals surface area contributed by atoms with Gasteiger partial charge in [-0.1, -0.05) is 0 Å². The zero-order valence-electron chi connectivity index (χ0n) is 15.1. The molecule has 0 bridgehead atoms. The van der Waals surface area contributed by atoms with Gasteiger partial charge >= 0.3 is 7.12 Å². The van der Waals surface area contributed by atoms with Gasteiger partial charge in [-0.3, -0.25) is 4.98 Å². The number of hydrogen-bond acceptors (Lipinski definition) is 5. The summed E-state index contributed by atoms with van der Waals surface area (Å²) in [7, 11) is -1.69. The number of benzene rings is 1. The molecule has 0 amide bonds. The summed E-state index contributed by atoms with van der Waals surface area (Å²) in [5, 5.41) is 24.1. The van der Waals surface area contributed by atoms with Gasteiger partial charge in [0.2, 0.25) is 0 Å². The minimum absolute atomic E-state index is 0.0305. The number of rotatable bonds is 5. The first-order valence-electron chi connectivity index (χ1n) is 9.29. The molecule has 0 saturated carbocycles.